The molecule has 0 bridgehead atoms. The van der Waals surface area contributed by atoms with Crippen LogP contribution < -0.4 is 15.2 Å². The minimum Gasteiger partial charge on any atom is -0.489 e. The van der Waals surface area contributed by atoms with Crippen LogP contribution in [0.25, 0.3) is 0 Å². The van der Waals surface area contributed by atoms with Crippen LogP contribution in [0, 0.1) is 11.3 Å². The van der Waals surface area contributed by atoms with Crippen LogP contribution in [0.5, 0.6) is 11.5 Å². The Morgan fingerprint density at radius 3 is 2.32 bits per heavy atom. The van der Waals surface area contributed by atoms with Crippen LogP contribution in [-0.4, -0.2) is 37.1 Å². The number of halogens is 2. The van der Waals surface area contributed by atoms with Gasteiger partial charge >= 0.3 is 0 Å². The predicted molar refractivity (Wildman–Crippen MR) is 144 cm³/mol. The van der Waals surface area contributed by atoms with E-state index in [4.69, 9.17) is 38.4 Å². The lowest BCUT2D eigenvalue weighted by atomic mass is 9.77. The van der Waals surface area contributed by atoms with Gasteiger partial charge in [0.25, 0.3) is 0 Å². The summed E-state index contributed by atoms with van der Waals surface area (Å²) >= 11 is 12.1. The number of hydrogen-bond donors (Lipinski definition) is 1. The highest BCUT2D eigenvalue weighted by atomic mass is 35.5. The molecule has 0 aliphatic rings. The van der Waals surface area contributed by atoms with Gasteiger partial charge < -0.3 is 15.2 Å². The van der Waals surface area contributed by atoms with Gasteiger partial charge in [0, 0.05) is 18.2 Å². The number of rotatable bonds is 11. The Morgan fingerprint density at radius 2 is 1.73 bits per heavy atom. The quantitative estimate of drug-likeness (QED) is 0.337. The van der Waals surface area contributed by atoms with Crippen molar-refractivity contribution in [1.82, 2.24) is 9.97 Å². The fourth-order valence-electron chi connectivity index (χ4n) is 3.71. The molecule has 0 aliphatic carbocycles. The average Bonchev–Trinajstić information content (AvgIpc) is 2.85. The summed E-state index contributed by atoms with van der Waals surface area (Å²) < 4.78 is 34.7. The van der Waals surface area contributed by atoms with E-state index < -0.39 is 15.3 Å². The van der Waals surface area contributed by atoms with Crippen molar-refractivity contribution in [2.45, 2.75) is 38.2 Å². The molecule has 3 aromatic rings. The molecule has 2 aromatic carbocycles. The molecule has 196 valence electrons. The van der Waals surface area contributed by atoms with Gasteiger partial charge in [-0.2, -0.15) is 5.26 Å². The van der Waals surface area contributed by atoms with Crippen molar-refractivity contribution in [3.8, 4) is 17.6 Å². The van der Waals surface area contributed by atoms with Crippen LogP contribution in [0.4, 0.5) is 0 Å². The van der Waals surface area contributed by atoms with E-state index in [1.165, 1.54) is 0 Å². The van der Waals surface area contributed by atoms with Gasteiger partial charge in [0.05, 0.1) is 27.9 Å². The number of aromatic nitrogens is 2. The highest BCUT2D eigenvalue weighted by molar-refractivity contribution is 7.89. The number of ether oxygens (including phenoxy) is 2. The van der Waals surface area contributed by atoms with Gasteiger partial charge in [0.2, 0.25) is 0 Å². The smallest absolute Gasteiger partial charge is 0.155 e. The van der Waals surface area contributed by atoms with Crippen molar-refractivity contribution in [1.29, 1.82) is 5.26 Å². The van der Waals surface area contributed by atoms with Crippen LogP contribution >= 0.6 is 23.2 Å². The third kappa shape index (κ3) is 7.55. The number of nitrogens with two attached hydrogens (primary N) is 1. The molecule has 8 nitrogen and oxygen atoms in total. The average molecular weight is 564 g/mol. The highest BCUT2D eigenvalue weighted by Crippen LogP contribution is 2.38. The Bertz CT molecular complexity index is 1410. The first kappa shape index (κ1) is 28.7. The molecule has 37 heavy (non-hydrogen) atoms. The molecule has 11 heteroatoms. The molecule has 0 unspecified atom stereocenters. The molecule has 0 radical (unpaired) electrons. The second-order valence-electron chi connectivity index (χ2n) is 8.96. The third-order valence-corrected chi connectivity index (χ3v) is 6.87. The second-order valence-corrected chi connectivity index (χ2v) is 11.9. The number of nitrogens with zero attached hydrogens (tertiary/aromatic N) is 3. The van der Waals surface area contributed by atoms with Gasteiger partial charge in [-0.25, -0.2) is 18.4 Å². The molecule has 0 aliphatic heterocycles. The maximum absolute atomic E-state index is 11.6. The Kier molecular flexibility index (Phi) is 9.37. The summed E-state index contributed by atoms with van der Waals surface area (Å²) in [5.74, 6) is 1.15. The van der Waals surface area contributed by atoms with Gasteiger partial charge in [-0.1, -0.05) is 37.6 Å². The summed E-state index contributed by atoms with van der Waals surface area (Å²) in [6.07, 6.45) is 1.13. The van der Waals surface area contributed by atoms with Gasteiger partial charge in [-0.05, 0) is 41.5 Å². The summed E-state index contributed by atoms with van der Waals surface area (Å²) in [6.45, 7) is 4.61. The largest absolute Gasteiger partial charge is 0.489 e. The normalized spacial score (nSPS) is 11.7. The van der Waals surface area contributed by atoms with E-state index in [2.05, 4.69) is 16.0 Å². The second kappa shape index (κ2) is 12.1. The van der Waals surface area contributed by atoms with E-state index in [9.17, 15) is 13.7 Å². The first-order valence-corrected chi connectivity index (χ1v) is 14.3. The number of hydrogen-bond acceptors (Lipinski definition) is 8. The summed E-state index contributed by atoms with van der Waals surface area (Å²) in [5, 5.41) is 9.97. The van der Waals surface area contributed by atoms with E-state index in [-0.39, 0.29) is 37.2 Å². The standard InChI is InChI=1S/C26H28Cl2N4O4S/c1-26(2,19-10-17(13-29)25(23(28)11-19)35-9-8-27)18-4-6-22(7-5-18)36-15-21-12-20(14-30)31-24(32-21)16-37(3,33)34/h4-7,10-12H,8-9,14-16,30H2,1-3H3. The van der Waals surface area contributed by atoms with Crippen LogP contribution in [0.3, 0.4) is 0 Å². The van der Waals surface area contributed by atoms with Crippen molar-refractivity contribution >= 4 is 33.0 Å². The zero-order chi connectivity index (χ0) is 27.2. The summed E-state index contributed by atoms with van der Waals surface area (Å²) in [7, 11) is -3.29. The molecule has 0 fully saturated rings. The van der Waals surface area contributed by atoms with E-state index >= 15 is 0 Å². The summed E-state index contributed by atoms with van der Waals surface area (Å²) in [5.41, 5.74) is 8.49. The number of alkyl halides is 1. The predicted octanol–water partition coefficient (Wildman–Crippen LogP) is 4.53. The fraction of sp³-hybridized carbons (Fsp3) is 0.346. The molecule has 0 amide bonds. The van der Waals surface area contributed by atoms with Crippen LogP contribution in [0.2, 0.25) is 5.02 Å². The summed E-state index contributed by atoms with van der Waals surface area (Å²) in [4.78, 5) is 8.49. The van der Waals surface area contributed by atoms with E-state index in [0.717, 1.165) is 17.4 Å². The highest BCUT2D eigenvalue weighted by Gasteiger charge is 2.26. The van der Waals surface area contributed by atoms with E-state index in [1.807, 2.05) is 38.1 Å². The first-order valence-electron chi connectivity index (χ1n) is 11.4. The maximum atomic E-state index is 11.6. The monoisotopic (exact) mass is 562 g/mol. The topological polar surface area (TPSA) is 128 Å². The van der Waals surface area contributed by atoms with Crippen molar-refractivity contribution in [2.75, 3.05) is 18.7 Å². The molecule has 1 aromatic heterocycles. The molecular formula is C26H28Cl2N4O4S. The molecule has 3 rings (SSSR count). The van der Waals surface area contributed by atoms with E-state index in [0.29, 0.717) is 33.5 Å². The van der Waals surface area contributed by atoms with Crippen LogP contribution in [-0.2, 0) is 34.2 Å². The van der Waals surface area contributed by atoms with Crippen molar-refractivity contribution in [3.05, 3.63) is 81.4 Å². The Hall–Kier alpha value is -2.90. The first-order chi connectivity index (χ1) is 17.5. The lowest BCUT2D eigenvalue weighted by Crippen LogP contribution is -2.19. The van der Waals surface area contributed by atoms with Gasteiger partial charge in [-0.3, -0.25) is 0 Å². The molecule has 0 atom stereocenters. The minimum absolute atomic E-state index is 0.125. The fourth-order valence-corrected chi connectivity index (χ4v) is 4.66. The molecule has 0 spiro atoms. The van der Waals surface area contributed by atoms with Crippen LogP contribution in [0.15, 0.2) is 42.5 Å². The lowest BCUT2D eigenvalue weighted by molar-refractivity contribution is 0.300. The summed E-state index contributed by atoms with van der Waals surface area (Å²) in [6, 6.07) is 15.0. The molecule has 0 saturated heterocycles. The zero-order valence-electron chi connectivity index (χ0n) is 20.8. The molecule has 1 heterocycles. The number of nitriles is 1. The minimum atomic E-state index is -3.29. The zero-order valence-corrected chi connectivity index (χ0v) is 23.1. The Balaban J connectivity index is 1.79. The third-order valence-electron chi connectivity index (χ3n) is 5.65. The maximum Gasteiger partial charge on any atom is 0.155 e. The molecule has 2 N–H and O–H groups in total. The van der Waals surface area contributed by atoms with E-state index in [1.54, 1.807) is 18.2 Å². The van der Waals surface area contributed by atoms with Gasteiger partial charge in [0.15, 0.2) is 15.6 Å². The Labute approximate surface area is 227 Å². The Morgan fingerprint density at radius 1 is 1.05 bits per heavy atom. The number of benzene rings is 2. The molecule has 0 saturated carbocycles. The van der Waals surface area contributed by atoms with Crippen molar-refractivity contribution in [2.24, 2.45) is 5.73 Å². The van der Waals surface area contributed by atoms with Gasteiger partial charge in [0.1, 0.15) is 36.6 Å². The number of sulfone groups is 1. The lowest BCUT2D eigenvalue weighted by Gasteiger charge is -2.27. The van der Waals surface area contributed by atoms with Crippen LogP contribution in [0.1, 0.15) is 47.8 Å². The molecular weight excluding hydrogens is 535 g/mol. The van der Waals surface area contributed by atoms with Gasteiger partial charge in [-0.15, -0.1) is 11.6 Å². The van der Waals surface area contributed by atoms with Crippen molar-refractivity contribution < 1.29 is 17.9 Å². The SMILES string of the molecule is CC(C)(c1ccc(OCc2cc(CN)nc(CS(C)(=O)=O)n2)cc1)c1cc(Cl)c(OCCCl)c(C#N)c1. The van der Waals surface area contributed by atoms with Crippen molar-refractivity contribution in [3.63, 3.8) is 0 Å².